The summed E-state index contributed by atoms with van der Waals surface area (Å²) in [6.45, 7) is 0.718. The minimum absolute atomic E-state index is 0.0144. The van der Waals surface area contributed by atoms with Crippen molar-refractivity contribution < 1.29 is 18.7 Å². The predicted molar refractivity (Wildman–Crippen MR) is 106 cm³/mol. The first-order valence-electron chi connectivity index (χ1n) is 9.26. The fraction of sp³-hybridized carbons (Fsp3) is 0.273. The number of aromatic nitrogens is 1. The van der Waals surface area contributed by atoms with Crippen molar-refractivity contribution in [3.63, 3.8) is 0 Å². The molecule has 1 fully saturated rings. The van der Waals surface area contributed by atoms with Gasteiger partial charge in [0.1, 0.15) is 5.52 Å². The van der Waals surface area contributed by atoms with Crippen LogP contribution in [0.1, 0.15) is 30.3 Å². The van der Waals surface area contributed by atoms with Crippen LogP contribution in [0.15, 0.2) is 53.0 Å². The Labute approximate surface area is 163 Å². The molecule has 2 aromatic carbocycles. The minimum Gasteiger partial charge on any atom is -0.493 e. The maximum Gasteiger partial charge on any atom is 0.247 e. The summed E-state index contributed by atoms with van der Waals surface area (Å²) >= 11 is 0. The lowest BCUT2D eigenvalue weighted by molar-refractivity contribution is -0.126. The van der Waals surface area contributed by atoms with Gasteiger partial charge < -0.3 is 18.8 Å². The highest BCUT2D eigenvalue weighted by atomic mass is 16.5. The van der Waals surface area contributed by atoms with E-state index in [2.05, 4.69) is 4.98 Å². The molecule has 144 valence electrons. The van der Waals surface area contributed by atoms with E-state index in [0.29, 0.717) is 23.0 Å². The Hall–Kier alpha value is -3.28. The zero-order valence-corrected chi connectivity index (χ0v) is 15.9. The number of benzene rings is 2. The highest BCUT2D eigenvalue weighted by Gasteiger charge is 2.29. The van der Waals surface area contributed by atoms with Gasteiger partial charge in [0.05, 0.1) is 20.3 Å². The van der Waals surface area contributed by atoms with Crippen LogP contribution in [0.5, 0.6) is 11.5 Å². The number of para-hydroxylation sites is 2. The summed E-state index contributed by atoms with van der Waals surface area (Å²) in [6.07, 6.45) is 5.04. The van der Waals surface area contributed by atoms with Crippen LogP contribution in [0.4, 0.5) is 0 Å². The number of carbonyl (C=O) groups excluding carboxylic acids is 1. The van der Waals surface area contributed by atoms with Gasteiger partial charge >= 0.3 is 0 Å². The SMILES string of the molecule is COc1ccc(C2CCCN2C(=O)/C=C/c2nc3ccccc3o2)cc1OC. The van der Waals surface area contributed by atoms with Crippen molar-refractivity contribution in [1.82, 2.24) is 9.88 Å². The van der Waals surface area contributed by atoms with Gasteiger partial charge in [0.2, 0.25) is 11.8 Å². The van der Waals surface area contributed by atoms with Gasteiger partial charge in [-0.25, -0.2) is 4.98 Å². The van der Waals surface area contributed by atoms with Gasteiger partial charge in [0.15, 0.2) is 17.1 Å². The number of rotatable bonds is 5. The molecular weight excluding hydrogens is 356 g/mol. The van der Waals surface area contributed by atoms with E-state index in [1.54, 1.807) is 20.3 Å². The third-order valence-corrected chi connectivity index (χ3v) is 5.01. The Morgan fingerprint density at radius 2 is 2.00 bits per heavy atom. The smallest absolute Gasteiger partial charge is 0.247 e. The van der Waals surface area contributed by atoms with E-state index in [-0.39, 0.29) is 11.9 Å². The van der Waals surface area contributed by atoms with Crippen LogP contribution in [0.3, 0.4) is 0 Å². The van der Waals surface area contributed by atoms with Crippen LogP contribution in [-0.2, 0) is 4.79 Å². The molecule has 1 aliphatic rings. The van der Waals surface area contributed by atoms with Crippen molar-refractivity contribution in [3.8, 4) is 11.5 Å². The van der Waals surface area contributed by atoms with Crippen molar-refractivity contribution in [2.75, 3.05) is 20.8 Å². The molecule has 2 heterocycles. The molecule has 1 saturated heterocycles. The molecular formula is C22H22N2O4. The normalized spacial score (nSPS) is 16.8. The summed E-state index contributed by atoms with van der Waals surface area (Å²) in [5, 5.41) is 0. The van der Waals surface area contributed by atoms with Crippen LogP contribution < -0.4 is 9.47 Å². The van der Waals surface area contributed by atoms with Crippen molar-refractivity contribution in [3.05, 3.63) is 60.0 Å². The second-order valence-corrected chi connectivity index (χ2v) is 6.66. The Balaban J connectivity index is 1.53. The van der Waals surface area contributed by atoms with Crippen LogP contribution >= 0.6 is 0 Å². The monoisotopic (exact) mass is 378 g/mol. The molecule has 4 rings (SSSR count). The number of hydrogen-bond donors (Lipinski definition) is 0. The first-order valence-corrected chi connectivity index (χ1v) is 9.26. The van der Waals surface area contributed by atoms with Gasteiger partial charge in [-0.05, 0) is 42.7 Å². The average molecular weight is 378 g/mol. The van der Waals surface area contributed by atoms with E-state index in [1.165, 1.54) is 6.08 Å². The topological polar surface area (TPSA) is 64.8 Å². The number of nitrogens with zero attached hydrogens (tertiary/aromatic N) is 2. The summed E-state index contributed by atoms with van der Waals surface area (Å²) in [5.74, 6) is 1.72. The number of fused-ring (bicyclic) bond motifs is 1. The van der Waals surface area contributed by atoms with Crippen LogP contribution in [-0.4, -0.2) is 36.6 Å². The van der Waals surface area contributed by atoms with E-state index in [4.69, 9.17) is 13.9 Å². The lowest BCUT2D eigenvalue weighted by Gasteiger charge is -2.24. The molecule has 28 heavy (non-hydrogen) atoms. The molecule has 1 aromatic heterocycles. The summed E-state index contributed by atoms with van der Waals surface area (Å²) in [7, 11) is 3.22. The van der Waals surface area contributed by atoms with Crippen molar-refractivity contribution >= 4 is 23.1 Å². The molecule has 1 amide bonds. The van der Waals surface area contributed by atoms with Crippen LogP contribution in [0.2, 0.25) is 0 Å². The quantitative estimate of drug-likeness (QED) is 0.622. The van der Waals surface area contributed by atoms with E-state index in [0.717, 1.165) is 30.5 Å². The predicted octanol–water partition coefficient (Wildman–Crippen LogP) is 4.22. The summed E-state index contributed by atoms with van der Waals surface area (Å²) in [5.41, 5.74) is 2.52. The fourth-order valence-electron chi connectivity index (χ4n) is 3.64. The highest BCUT2D eigenvalue weighted by Crippen LogP contribution is 2.37. The number of ether oxygens (including phenoxy) is 2. The van der Waals surface area contributed by atoms with Crippen molar-refractivity contribution in [1.29, 1.82) is 0 Å². The molecule has 0 bridgehead atoms. The number of methoxy groups -OCH3 is 2. The number of hydrogen-bond acceptors (Lipinski definition) is 5. The molecule has 1 unspecified atom stereocenters. The second-order valence-electron chi connectivity index (χ2n) is 6.66. The molecule has 6 nitrogen and oxygen atoms in total. The van der Waals surface area contributed by atoms with Crippen molar-refractivity contribution in [2.24, 2.45) is 0 Å². The lowest BCUT2D eigenvalue weighted by atomic mass is 10.0. The molecule has 6 heteroatoms. The van der Waals surface area contributed by atoms with Gasteiger partial charge in [0.25, 0.3) is 0 Å². The molecule has 0 saturated carbocycles. The number of amides is 1. The molecule has 0 spiro atoms. The second kappa shape index (κ2) is 7.76. The zero-order valence-electron chi connectivity index (χ0n) is 15.9. The Morgan fingerprint density at radius 3 is 2.79 bits per heavy atom. The van der Waals surface area contributed by atoms with Crippen LogP contribution in [0.25, 0.3) is 17.2 Å². The third-order valence-electron chi connectivity index (χ3n) is 5.01. The van der Waals surface area contributed by atoms with Crippen molar-refractivity contribution in [2.45, 2.75) is 18.9 Å². The highest BCUT2D eigenvalue weighted by molar-refractivity contribution is 5.92. The lowest BCUT2D eigenvalue weighted by Crippen LogP contribution is -2.28. The van der Waals surface area contributed by atoms with Gasteiger partial charge in [-0.1, -0.05) is 18.2 Å². The molecule has 1 atom stereocenters. The van der Waals surface area contributed by atoms with E-state index < -0.39 is 0 Å². The maximum atomic E-state index is 12.8. The minimum atomic E-state index is -0.0560. The number of likely N-dealkylation sites (tertiary alicyclic amines) is 1. The van der Waals surface area contributed by atoms with Gasteiger partial charge in [0, 0.05) is 18.7 Å². The molecule has 3 aromatic rings. The number of oxazole rings is 1. The van der Waals surface area contributed by atoms with Crippen LogP contribution in [0, 0.1) is 0 Å². The average Bonchev–Trinajstić information content (AvgIpc) is 3.38. The molecule has 0 aliphatic carbocycles. The number of carbonyl (C=O) groups is 1. The fourth-order valence-corrected chi connectivity index (χ4v) is 3.64. The third kappa shape index (κ3) is 3.45. The van der Waals surface area contributed by atoms with Gasteiger partial charge in [-0.15, -0.1) is 0 Å². The van der Waals surface area contributed by atoms with E-state index in [1.807, 2.05) is 47.4 Å². The summed E-state index contributed by atoms with van der Waals surface area (Å²) in [4.78, 5) is 19.1. The van der Waals surface area contributed by atoms with E-state index in [9.17, 15) is 4.79 Å². The molecule has 0 radical (unpaired) electrons. The molecule has 0 N–H and O–H groups in total. The summed E-state index contributed by atoms with van der Waals surface area (Å²) < 4.78 is 16.4. The van der Waals surface area contributed by atoms with E-state index >= 15 is 0 Å². The Bertz CT molecular complexity index is 991. The molecule has 1 aliphatic heterocycles. The van der Waals surface area contributed by atoms with Gasteiger partial charge in [-0.2, -0.15) is 0 Å². The maximum absolute atomic E-state index is 12.8. The standard InChI is InChI=1S/C22H22N2O4/c1-26-19-10-9-15(14-20(19)27-2)17-7-5-13-24(17)22(25)12-11-21-23-16-6-3-4-8-18(16)28-21/h3-4,6,8-12,14,17H,5,7,13H2,1-2H3/b12-11+. The zero-order chi connectivity index (χ0) is 19.5. The first kappa shape index (κ1) is 18.1. The first-order chi connectivity index (χ1) is 13.7. The largest absolute Gasteiger partial charge is 0.493 e. The Kier molecular flexibility index (Phi) is 5.02. The summed E-state index contributed by atoms with van der Waals surface area (Å²) in [6, 6.07) is 13.4. The Morgan fingerprint density at radius 1 is 1.18 bits per heavy atom. The van der Waals surface area contributed by atoms with Gasteiger partial charge in [-0.3, -0.25) is 4.79 Å².